The van der Waals surface area contributed by atoms with Crippen LogP contribution in [0.2, 0.25) is 0 Å². The van der Waals surface area contributed by atoms with Crippen molar-refractivity contribution in [3.05, 3.63) is 18.0 Å². The zero-order valence-electron chi connectivity index (χ0n) is 7.66. The average molecular weight is 164 g/mol. The summed E-state index contributed by atoms with van der Waals surface area (Å²) in [5, 5.41) is 4.33. The van der Waals surface area contributed by atoms with E-state index in [-0.39, 0.29) is 0 Å². The normalized spacial score (nSPS) is 17.8. The van der Waals surface area contributed by atoms with E-state index in [2.05, 4.69) is 22.8 Å². The number of rotatable bonds is 3. The Morgan fingerprint density at radius 1 is 1.58 bits per heavy atom. The number of aryl methyl sites for hydroxylation is 1. The van der Waals surface area contributed by atoms with Gasteiger partial charge in [0.2, 0.25) is 0 Å². The standard InChI is InChI=1S/C10H16N2/c1-2-10-6-7-11-12(10)8-9-4-3-5-9/h6-7,9H,2-5,8H2,1H3. The molecule has 0 spiro atoms. The smallest absolute Gasteiger partial charge is 0.0492 e. The van der Waals surface area contributed by atoms with Gasteiger partial charge in [0.25, 0.3) is 0 Å². The molecule has 0 bridgehead atoms. The lowest BCUT2D eigenvalue weighted by Crippen LogP contribution is -2.19. The fourth-order valence-electron chi connectivity index (χ4n) is 1.74. The molecular weight excluding hydrogens is 148 g/mol. The van der Waals surface area contributed by atoms with Crippen LogP contribution in [0.5, 0.6) is 0 Å². The molecule has 66 valence electrons. The minimum atomic E-state index is 0.912. The molecule has 0 unspecified atom stereocenters. The van der Waals surface area contributed by atoms with E-state index in [1.165, 1.54) is 25.0 Å². The SMILES string of the molecule is CCc1ccnn1CC1CCC1. The van der Waals surface area contributed by atoms with Crippen LogP contribution in [0.3, 0.4) is 0 Å². The first-order chi connectivity index (χ1) is 5.90. The first kappa shape index (κ1) is 7.84. The van der Waals surface area contributed by atoms with Crippen LogP contribution >= 0.6 is 0 Å². The van der Waals surface area contributed by atoms with Gasteiger partial charge in [0.1, 0.15) is 0 Å². The van der Waals surface area contributed by atoms with Gasteiger partial charge in [-0.3, -0.25) is 4.68 Å². The Bertz CT molecular complexity index is 248. The fraction of sp³-hybridized carbons (Fsp3) is 0.700. The van der Waals surface area contributed by atoms with E-state index in [1.54, 1.807) is 0 Å². The van der Waals surface area contributed by atoms with Crippen LogP contribution in [0.25, 0.3) is 0 Å². The van der Waals surface area contributed by atoms with Crippen LogP contribution in [-0.4, -0.2) is 9.78 Å². The zero-order valence-corrected chi connectivity index (χ0v) is 7.66. The van der Waals surface area contributed by atoms with Gasteiger partial charge in [-0.1, -0.05) is 13.3 Å². The molecule has 0 aromatic carbocycles. The third-order valence-electron chi connectivity index (χ3n) is 2.82. The second-order valence-corrected chi connectivity index (χ2v) is 3.66. The molecule has 1 aromatic heterocycles. The molecule has 0 atom stereocenters. The van der Waals surface area contributed by atoms with Crippen molar-refractivity contribution in [2.45, 2.75) is 39.2 Å². The van der Waals surface area contributed by atoms with Crippen LogP contribution in [0.4, 0.5) is 0 Å². The van der Waals surface area contributed by atoms with Crippen LogP contribution in [-0.2, 0) is 13.0 Å². The largest absolute Gasteiger partial charge is 0.269 e. The molecule has 1 heterocycles. The van der Waals surface area contributed by atoms with E-state index >= 15 is 0 Å². The highest BCUT2D eigenvalue weighted by Crippen LogP contribution is 2.27. The van der Waals surface area contributed by atoms with Crippen molar-refractivity contribution in [1.82, 2.24) is 9.78 Å². The molecule has 0 saturated heterocycles. The van der Waals surface area contributed by atoms with Crippen molar-refractivity contribution in [1.29, 1.82) is 0 Å². The molecule has 1 saturated carbocycles. The van der Waals surface area contributed by atoms with Gasteiger partial charge >= 0.3 is 0 Å². The Hall–Kier alpha value is -0.790. The second-order valence-electron chi connectivity index (χ2n) is 3.66. The van der Waals surface area contributed by atoms with E-state index in [9.17, 15) is 0 Å². The molecule has 1 aliphatic carbocycles. The molecule has 1 aromatic rings. The predicted molar refractivity (Wildman–Crippen MR) is 48.9 cm³/mol. The van der Waals surface area contributed by atoms with Gasteiger partial charge in [0.15, 0.2) is 0 Å². The molecule has 2 nitrogen and oxygen atoms in total. The second kappa shape index (κ2) is 3.30. The lowest BCUT2D eigenvalue weighted by molar-refractivity contribution is 0.263. The lowest BCUT2D eigenvalue weighted by Gasteiger charge is -2.25. The molecule has 0 radical (unpaired) electrons. The number of nitrogens with zero attached hydrogens (tertiary/aromatic N) is 2. The topological polar surface area (TPSA) is 17.8 Å². The molecule has 1 aliphatic rings. The minimum absolute atomic E-state index is 0.912. The molecule has 2 heteroatoms. The third-order valence-corrected chi connectivity index (χ3v) is 2.82. The summed E-state index contributed by atoms with van der Waals surface area (Å²) in [5.41, 5.74) is 1.38. The maximum atomic E-state index is 4.33. The molecule has 0 aliphatic heterocycles. The van der Waals surface area contributed by atoms with Crippen LogP contribution in [0.15, 0.2) is 12.3 Å². The van der Waals surface area contributed by atoms with Gasteiger partial charge in [-0.15, -0.1) is 0 Å². The molecule has 0 amide bonds. The summed E-state index contributed by atoms with van der Waals surface area (Å²) >= 11 is 0. The van der Waals surface area contributed by atoms with Gasteiger partial charge in [0, 0.05) is 18.4 Å². The molecular formula is C10H16N2. The van der Waals surface area contributed by atoms with Gasteiger partial charge in [-0.2, -0.15) is 5.10 Å². The van der Waals surface area contributed by atoms with Gasteiger partial charge in [-0.25, -0.2) is 0 Å². The number of hydrogen-bond donors (Lipinski definition) is 0. The van der Waals surface area contributed by atoms with Crippen molar-refractivity contribution in [2.75, 3.05) is 0 Å². The van der Waals surface area contributed by atoms with Crippen LogP contribution in [0, 0.1) is 5.92 Å². The summed E-state index contributed by atoms with van der Waals surface area (Å²) in [6.45, 7) is 3.34. The van der Waals surface area contributed by atoms with Crippen molar-refractivity contribution < 1.29 is 0 Å². The molecule has 12 heavy (non-hydrogen) atoms. The fourth-order valence-corrected chi connectivity index (χ4v) is 1.74. The first-order valence-corrected chi connectivity index (χ1v) is 4.91. The summed E-state index contributed by atoms with van der Waals surface area (Å²) in [4.78, 5) is 0. The zero-order chi connectivity index (χ0) is 8.39. The Balaban J connectivity index is 2.00. The average Bonchev–Trinajstić information content (AvgIpc) is 2.43. The Morgan fingerprint density at radius 3 is 3.00 bits per heavy atom. The highest BCUT2D eigenvalue weighted by molar-refractivity contribution is 5.00. The van der Waals surface area contributed by atoms with Gasteiger partial charge in [0.05, 0.1) is 0 Å². The monoisotopic (exact) mass is 164 g/mol. The maximum absolute atomic E-state index is 4.33. The Labute approximate surface area is 73.6 Å². The van der Waals surface area contributed by atoms with Crippen LogP contribution < -0.4 is 0 Å². The highest BCUT2D eigenvalue weighted by Gasteiger charge is 2.18. The summed E-state index contributed by atoms with van der Waals surface area (Å²) < 4.78 is 2.17. The number of hydrogen-bond acceptors (Lipinski definition) is 1. The van der Waals surface area contributed by atoms with Gasteiger partial charge in [-0.05, 0) is 31.2 Å². The molecule has 0 N–H and O–H groups in total. The predicted octanol–water partition coefficient (Wildman–Crippen LogP) is 2.25. The third kappa shape index (κ3) is 1.38. The highest BCUT2D eigenvalue weighted by atomic mass is 15.3. The first-order valence-electron chi connectivity index (χ1n) is 4.91. The van der Waals surface area contributed by atoms with Crippen molar-refractivity contribution in [2.24, 2.45) is 5.92 Å². The Kier molecular flexibility index (Phi) is 2.15. The Morgan fingerprint density at radius 2 is 2.42 bits per heavy atom. The lowest BCUT2D eigenvalue weighted by atomic mass is 9.85. The summed E-state index contributed by atoms with van der Waals surface area (Å²) in [6, 6.07) is 2.12. The summed E-state index contributed by atoms with van der Waals surface area (Å²) in [6.07, 6.45) is 7.25. The summed E-state index contributed by atoms with van der Waals surface area (Å²) in [5.74, 6) is 0.912. The van der Waals surface area contributed by atoms with E-state index in [1.807, 2.05) is 6.20 Å². The van der Waals surface area contributed by atoms with Crippen molar-refractivity contribution in [3.8, 4) is 0 Å². The van der Waals surface area contributed by atoms with E-state index in [0.717, 1.165) is 18.9 Å². The maximum Gasteiger partial charge on any atom is 0.0492 e. The molecule has 2 rings (SSSR count). The summed E-state index contributed by atoms with van der Waals surface area (Å²) in [7, 11) is 0. The van der Waals surface area contributed by atoms with Crippen LogP contribution in [0.1, 0.15) is 31.9 Å². The molecule has 1 fully saturated rings. The van der Waals surface area contributed by atoms with E-state index in [4.69, 9.17) is 0 Å². The van der Waals surface area contributed by atoms with E-state index in [0.29, 0.717) is 0 Å². The van der Waals surface area contributed by atoms with Gasteiger partial charge < -0.3 is 0 Å². The van der Waals surface area contributed by atoms with Crippen molar-refractivity contribution >= 4 is 0 Å². The number of aromatic nitrogens is 2. The quantitative estimate of drug-likeness (QED) is 0.670. The van der Waals surface area contributed by atoms with E-state index < -0.39 is 0 Å². The van der Waals surface area contributed by atoms with Crippen molar-refractivity contribution in [3.63, 3.8) is 0 Å². The minimum Gasteiger partial charge on any atom is -0.269 e.